The van der Waals surface area contributed by atoms with E-state index in [2.05, 4.69) is 24.0 Å². The first-order chi connectivity index (χ1) is 13.5. The molecule has 0 aliphatic carbocycles. The number of amides is 2. The third kappa shape index (κ3) is 3.13. The Morgan fingerprint density at radius 3 is 2.54 bits per heavy atom. The van der Waals surface area contributed by atoms with Crippen molar-refractivity contribution < 1.29 is 14.3 Å². The summed E-state index contributed by atoms with van der Waals surface area (Å²) >= 11 is 0. The molecule has 0 N–H and O–H groups in total. The Labute approximate surface area is 165 Å². The molecule has 28 heavy (non-hydrogen) atoms. The van der Waals surface area contributed by atoms with Crippen molar-refractivity contribution in [1.29, 1.82) is 0 Å². The Kier molecular flexibility index (Phi) is 4.79. The fourth-order valence-corrected chi connectivity index (χ4v) is 4.66. The maximum absolute atomic E-state index is 13.0. The van der Waals surface area contributed by atoms with E-state index in [1.165, 1.54) is 11.1 Å². The standard InChI is InChI=1S/C22H25N3O3/c1-14-6-4-5-7-18(14)21-19-13-24(11-17(19)12-25(21)15(2)26)22(27)16-8-9-20(28-3)23-10-16/h4-10,17,19,21H,11-13H2,1-3H3/t17-,19-,21+/m1/s1. The second-order valence-corrected chi connectivity index (χ2v) is 7.70. The molecule has 0 unspecified atom stereocenters. The van der Waals surface area contributed by atoms with E-state index in [4.69, 9.17) is 4.74 Å². The van der Waals surface area contributed by atoms with Crippen LogP contribution >= 0.6 is 0 Å². The maximum Gasteiger partial charge on any atom is 0.255 e. The molecular formula is C22H25N3O3. The van der Waals surface area contributed by atoms with Crippen LogP contribution in [0.2, 0.25) is 0 Å². The molecule has 3 atom stereocenters. The zero-order valence-corrected chi connectivity index (χ0v) is 16.5. The first-order valence-electron chi connectivity index (χ1n) is 9.61. The van der Waals surface area contributed by atoms with Gasteiger partial charge >= 0.3 is 0 Å². The number of ether oxygens (including phenoxy) is 1. The summed E-state index contributed by atoms with van der Waals surface area (Å²) in [6, 6.07) is 11.7. The number of rotatable bonds is 3. The number of pyridine rings is 1. The van der Waals surface area contributed by atoms with E-state index in [0.29, 0.717) is 37.0 Å². The first kappa shape index (κ1) is 18.5. The fourth-order valence-electron chi connectivity index (χ4n) is 4.66. The average Bonchev–Trinajstić information content (AvgIpc) is 3.26. The highest BCUT2D eigenvalue weighted by molar-refractivity contribution is 5.94. The molecule has 2 amide bonds. The number of methoxy groups -OCH3 is 1. The van der Waals surface area contributed by atoms with Crippen LogP contribution in [0.25, 0.3) is 0 Å². The molecule has 0 spiro atoms. The summed E-state index contributed by atoms with van der Waals surface area (Å²) in [7, 11) is 1.55. The van der Waals surface area contributed by atoms with Crippen LogP contribution in [0, 0.1) is 18.8 Å². The Morgan fingerprint density at radius 1 is 1.11 bits per heavy atom. The van der Waals surface area contributed by atoms with Crippen molar-refractivity contribution in [3.05, 3.63) is 59.3 Å². The zero-order chi connectivity index (χ0) is 19.8. The van der Waals surface area contributed by atoms with Crippen LogP contribution in [0.4, 0.5) is 0 Å². The highest BCUT2D eigenvalue weighted by atomic mass is 16.5. The predicted octanol–water partition coefficient (Wildman–Crippen LogP) is 2.69. The van der Waals surface area contributed by atoms with Crippen molar-refractivity contribution in [2.45, 2.75) is 19.9 Å². The summed E-state index contributed by atoms with van der Waals surface area (Å²) in [5, 5.41) is 0. The van der Waals surface area contributed by atoms with Crippen molar-refractivity contribution in [2.75, 3.05) is 26.7 Å². The minimum atomic E-state index is -0.0116. The summed E-state index contributed by atoms with van der Waals surface area (Å²) in [6.45, 7) is 5.74. The van der Waals surface area contributed by atoms with Gasteiger partial charge in [0, 0.05) is 50.7 Å². The van der Waals surface area contributed by atoms with E-state index in [1.807, 2.05) is 21.9 Å². The van der Waals surface area contributed by atoms with E-state index >= 15 is 0 Å². The molecule has 3 heterocycles. The molecule has 6 heteroatoms. The molecule has 2 aromatic rings. The van der Waals surface area contributed by atoms with Gasteiger partial charge in [0.2, 0.25) is 11.8 Å². The van der Waals surface area contributed by atoms with Crippen LogP contribution in [-0.2, 0) is 4.79 Å². The molecule has 2 fully saturated rings. The molecule has 2 aliphatic heterocycles. The summed E-state index contributed by atoms with van der Waals surface area (Å²) in [6.07, 6.45) is 1.57. The monoisotopic (exact) mass is 379 g/mol. The van der Waals surface area contributed by atoms with Gasteiger partial charge in [-0.1, -0.05) is 24.3 Å². The quantitative estimate of drug-likeness (QED) is 0.823. The molecular weight excluding hydrogens is 354 g/mol. The molecule has 2 aliphatic rings. The van der Waals surface area contributed by atoms with Gasteiger partial charge < -0.3 is 14.5 Å². The highest BCUT2D eigenvalue weighted by Crippen LogP contribution is 2.46. The van der Waals surface area contributed by atoms with Gasteiger partial charge in [-0.3, -0.25) is 9.59 Å². The zero-order valence-electron chi connectivity index (χ0n) is 16.5. The second kappa shape index (κ2) is 7.26. The third-order valence-corrected chi connectivity index (χ3v) is 6.06. The highest BCUT2D eigenvalue weighted by Gasteiger charge is 2.49. The van der Waals surface area contributed by atoms with Crippen molar-refractivity contribution in [2.24, 2.45) is 11.8 Å². The molecule has 6 nitrogen and oxygen atoms in total. The number of hydrogen-bond acceptors (Lipinski definition) is 4. The lowest BCUT2D eigenvalue weighted by atomic mass is 9.87. The predicted molar refractivity (Wildman–Crippen MR) is 105 cm³/mol. The lowest BCUT2D eigenvalue weighted by molar-refractivity contribution is -0.130. The molecule has 0 radical (unpaired) electrons. The number of carbonyl (C=O) groups is 2. The molecule has 0 saturated carbocycles. The van der Waals surface area contributed by atoms with E-state index in [0.717, 1.165) is 0 Å². The van der Waals surface area contributed by atoms with Crippen LogP contribution < -0.4 is 4.74 Å². The van der Waals surface area contributed by atoms with Gasteiger partial charge in [0.25, 0.3) is 5.91 Å². The summed E-state index contributed by atoms with van der Waals surface area (Å²) in [4.78, 5) is 33.3. The number of aromatic nitrogens is 1. The fraction of sp³-hybridized carbons (Fsp3) is 0.409. The number of hydrogen-bond donors (Lipinski definition) is 0. The van der Waals surface area contributed by atoms with E-state index in [-0.39, 0.29) is 23.8 Å². The Bertz CT molecular complexity index is 896. The number of fused-ring (bicyclic) bond motifs is 1. The summed E-state index contributed by atoms with van der Waals surface area (Å²) in [5.41, 5.74) is 2.94. The van der Waals surface area contributed by atoms with Crippen molar-refractivity contribution in [3.8, 4) is 5.88 Å². The normalized spacial score (nSPS) is 23.6. The van der Waals surface area contributed by atoms with Crippen LogP contribution in [0.3, 0.4) is 0 Å². The number of benzene rings is 1. The largest absolute Gasteiger partial charge is 0.481 e. The number of likely N-dealkylation sites (tertiary alicyclic amines) is 2. The minimum Gasteiger partial charge on any atom is -0.481 e. The summed E-state index contributed by atoms with van der Waals surface area (Å²) < 4.78 is 5.07. The molecule has 2 saturated heterocycles. The lowest BCUT2D eigenvalue weighted by Gasteiger charge is -2.30. The Morgan fingerprint density at radius 2 is 1.89 bits per heavy atom. The van der Waals surface area contributed by atoms with E-state index < -0.39 is 0 Å². The van der Waals surface area contributed by atoms with Crippen LogP contribution in [0.1, 0.15) is 34.5 Å². The van der Waals surface area contributed by atoms with Crippen LogP contribution in [0.15, 0.2) is 42.6 Å². The molecule has 1 aromatic heterocycles. The van der Waals surface area contributed by atoms with Gasteiger partial charge in [-0.15, -0.1) is 0 Å². The second-order valence-electron chi connectivity index (χ2n) is 7.70. The smallest absolute Gasteiger partial charge is 0.255 e. The lowest BCUT2D eigenvalue weighted by Crippen LogP contribution is -2.36. The van der Waals surface area contributed by atoms with Gasteiger partial charge in [-0.25, -0.2) is 4.98 Å². The van der Waals surface area contributed by atoms with Gasteiger partial charge in [-0.2, -0.15) is 0 Å². The van der Waals surface area contributed by atoms with Gasteiger partial charge in [-0.05, 0) is 24.1 Å². The van der Waals surface area contributed by atoms with Crippen molar-refractivity contribution >= 4 is 11.8 Å². The number of aryl methyl sites for hydroxylation is 1. The summed E-state index contributed by atoms with van der Waals surface area (Å²) in [5.74, 6) is 1.12. The Balaban J connectivity index is 1.58. The molecule has 4 rings (SSSR count). The topological polar surface area (TPSA) is 62.7 Å². The first-order valence-corrected chi connectivity index (χ1v) is 9.61. The molecule has 146 valence electrons. The third-order valence-electron chi connectivity index (χ3n) is 6.06. The Hall–Kier alpha value is -2.89. The van der Waals surface area contributed by atoms with Gasteiger partial charge in [0.05, 0.1) is 18.7 Å². The van der Waals surface area contributed by atoms with Crippen LogP contribution in [0.5, 0.6) is 5.88 Å². The van der Waals surface area contributed by atoms with E-state index in [1.54, 1.807) is 32.4 Å². The van der Waals surface area contributed by atoms with Gasteiger partial charge in [0.15, 0.2) is 0 Å². The van der Waals surface area contributed by atoms with Gasteiger partial charge in [0.1, 0.15) is 0 Å². The molecule has 0 bridgehead atoms. The van der Waals surface area contributed by atoms with Crippen molar-refractivity contribution in [3.63, 3.8) is 0 Å². The average molecular weight is 379 g/mol. The number of carbonyl (C=O) groups excluding carboxylic acids is 2. The van der Waals surface area contributed by atoms with Crippen LogP contribution in [-0.4, -0.2) is 53.3 Å². The number of nitrogens with zero attached hydrogens (tertiary/aromatic N) is 3. The SMILES string of the molecule is COc1ccc(C(=O)N2C[C@@H]3CN(C(C)=O)[C@@H](c4ccccc4C)[C@@H]3C2)cn1. The minimum absolute atomic E-state index is 0.0116. The van der Waals surface area contributed by atoms with Crippen molar-refractivity contribution in [1.82, 2.24) is 14.8 Å². The van der Waals surface area contributed by atoms with E-state index in [9.17, 15) is 9.59 Å². The maximum atomic E-state index is 13.0. The molecule has 1 aromatic carbocycles.